The van der Waals surface area contributed by atoms with Crippen molar-refractivity contribution in [2.24, 2.45) is 11.8 Å². The van der Waals surface area contributed by atoms with Crippen molar-refractivity contribution >= 4 is 12.0 Å². The third-order valence-corrected chi connectivity index (χ3v) is 4.10. The van der Waals surface area contributed by atoms with E-state index in [2.05, 4.69) is 12.2 Å². The zero-order chi connectivity index (χ0) is 15.0. The van der Waals surface area contributed by atoms with Crippen LogP contribution in [0.15, 0.2) is 0 Å². The zero-order valence-electron chi connectivity index (χ0n) is 12.7. The molecule has 1 saturated heterocycles. The predicted octanol–water partition coefficient (Wildman–Crippen LogP) is 2.71. The molecule has 1 fully saturated rings. The minimum atomic E-state index is -0.776. The molecule has 0 saturated carbocycles. The number of unbranched alkanes of at least 4 members (excludes halogenated alkanes) is 5. The van der Waals surface area contributed by atoms with E-state index in [-0.39, 0.29) is 17.9 Å². The number of urea groups is 1. The molecule has 5 nitrogen and oxygen atoms in total. The number of carbonyl (C=O) groups is 2. The molecule has 1 aliphatic heterocycles. The van der Waals surface area contributed by atoms with E-state index >= 15 is 0 Å². The minimum absolute atomic E-state index is 0.0487. The maximum Gasteiger partial charge on any atom is 0.317 e. The summed E-state index contributed by atoms with van der Waals surface area (Å²) in [5.41, 5.74) is 0. The zero-order valence-corrected chi connectivity index (χ0v) is 12.7. The first-order chi connectivity index (χ1) is 9.56. The number of amides is 2. The summed E-state index contributed by atoms with van der Waals surface area (Å²) in [5, 5.41) is 11.8. The number of nitrogens with one attached hydrogen (secondary N) is 1. The summed E-state index contributed by atoms with van der Waals surface area (Å²) in [4.78, 5) is 24.3. The highest BCUT2D eigenvalue weighted by molar-refractivity contribution is 5.76. The molecule has 0 spiro atoms. The Kier molecular flexibility index (Phi) is 7.41. The smallest absolute Gasteiger partial charge is 0.317 e. The number of rotatable bonds is 9. The molecule has 1 heterocycles. The van der Waals surface area contributed by atoms with Crippen molar-refractivity contribution in [3.63, 3.8) is 0 Å². The van der Waals surface area contributed by atoms with Gasteiger partial charge in [-0.1, -0.05) is 46.0 Å². The Balaban J connectivity index is 2.01. The molecule has 0 aromatic heterocycles. The lowest BCUT2D eigenvalue weighted by atomic mass is 9.87. The minimum Gasteiger partial charge on any atom is -0.481 e. The largest absolute Gasteiger partial charge is 0.481 e. The number of carbonyl (C=O) groups excluding carboxylic acids is 1. The van der Waals surface area contributed by atoms with Gasteiger partial charge in [0.15, 0.2) is 0 Å². The highest BCUT2D eigenvalue weighted by Gasteiger charge is 2.36. The highest BCUT2D eigenvalue weighted by atomic mass is 16.4. The lowest BCUT2D eigenvalue weighted by Crippen LogP contribution is -2.56. The molecule has 1 rings (SSSR count). The molecular weight excluding hydrogens is 256 g/mol. The van der Waals surface area contributed by atoms with E-state index < -0.39 is 5.97 Å². The van der Waals surface area contributed by atoms with Gasteiger partial charge in [0.25, 0.3) is 0 Å². The molecule has 0 radical (unpaired) electrons. The summed E-state index contributed by atoms with van der Waals surface area (Å²) < 4.78 is 0. The van der Waals surface area contributed by atoms with E-state index in [0.717, 1.165) is 13.0 Å². The number of carboxylic acids is 1. The van der Waals surface area contributed by atoms with Gasteiger partial charge in [-0.15, -0.1) is 0 Å². The molecule has 116 valence electrons. The highest BCUT2D eigenvalue weighted by Crippen LogP contribution is 2.23. The second-order valence-corrected chi connectivity index (χ2v) is 5.79. The second kappa shape index (κ2) is 8.82. The SMILES string of the molecule is CCCCCCCCNC(=O)N1CC(C(C)C(=O)O)C1. The Morgan fingerprint density at radius 2 is 1.80 bits per heavy atom. The first-order valence-corrected chi connectivity index (χ1v) is 7.81. The maximum atomic E-state index is 11.8. The number of hydrogen-bond donors (Lipinski definition) is 2. The van der Waals surface area contributed by atoms with Crippen LogP contribution in [0.1, 0.15) is 52.4 Å². The van der Waals surface area contributed by atoms with Crippen LogP contribution in [-0.2, 0) is 4.79 Å². The van der Waals surface area contributed by atoms with Crippen molar-refractivity contribution in [1.82, 2.24) is 10.2 Å². The van der Waals surface area contributed by atoms with Gasteiger partial charge in [0.05, 0.1) is 5.92 Å². The average molecular weight is 284 g/mol. The van der Waals surface area contributed by atoms with Gasteiger partial charge in [0, 0.05) is 25.6 Å². The van der Waals surface area contributed by atoms with Gasteiger partial charge in [-0.05, 0) is 6.42 Å². The molecule has 0 bridgehead atoms. The third kappa shape index (κ3) is 5.39. The number of carboxylic acid groups (broad SMARTS) is 1. The monoisotopic (exact) mass is 284 g/mol. The molecule has 1 unspecified atom stereocenters. The van der Waals surface area contributed by atoms with Crippen LogP contribution < -0.4 is 5.32 Å². The molecule has 0 aromatic rings. The third-order valence-electron chi connectivity index (χ3n) is 4.10. The average Bonchev–Trinajstić information content (AvgIpc) is 2.35. The van der Waals surface area contributed by atoms with Crippen LogP contribution in [0.3, 0.4) is 0 Å². The van der Waals surface area contributed by atoms with Gasteiger partial charge in [-0.3, -0.25) is 4.79 Å². The summed E-state index contributed by atoms with van der Waals surface area (Å²) in [6, 6.07) is -0.0487. The van der Waals surface area contributed by atoms with Gasteiger partial charge in [0.1, 0.15) is 0 Å². The van der Waals surface area contributed by atoms with Crippen molar-refractivity contribution in [3.05, 3.63) is 0 Å². The summed E-state index contributed by atoms with van der Waals surface area (Å²) in [6.45, 7) is 5.76. The van der Waals surface area contributed by atoms with Crippen LogP contribution in [-0.4, -0.2) is 41.6 Å². The fourth-order valence-corrected chi connectivity index (χ4v) is 2.41. The summed E-state index contributed by atoms with van der Waals surface area (Å²) in [7, 11) is 0. The van der Waals surface area contributed by atoms with Crippen molar-refractivity contribution < 1.29 is 14.7 Å². The van der Waals surface area contributed by atoms with E-state index in [9.17, 15) is 9.59 Å². The van der Waals surface area contributed by atoms with Crippen LogP contribution in [0.4, 0.5) is 4.79 Å². The van der Waals surface area contributed by atoms with E-state index in [1.54, 1.807) is 11.8 Å². The van der Waals surface area contributed by atoms with Gasteiger partial charge < -0.3 is 15.3 Å². The molecule has 5 heteroatoms. The van der Waals surface area contributed by atoms with Crippen molar-refractivity contribution in [2.75, 3.05) is 19.6 Å². The standard InChI is InChI=1S/C15H28N2O3/c1-3-4-5-6-7-8-9-16-15(20)17-10-13(11-17)12(2)14(18)19/h12-13H,3-11H2,1-2H3,(H,16,20)(H,18,19). The summed E-state index contributed by atoms with van der Waals surface area (Å²) in [6.07, 6.45) is 7.26. The van der Waals surface area contributed by atoms with E-state index in [0.29, 0.717) is 13.1 Å². The first-order valence-electron chi connectivity index (χ1n) is 7.81. The lowest BCUT2D eigenvalue weighted by molar-refractivity contribution is -0.144. The Hall–Kier alpha value is -1.26. The van der Waals surface area contributed by atoms with Crippen LogP contribution in [0, 0.1) is 11.8 Å². The van der Waals surface area contributed by atoms with Crippen LogP contribution in [0.25, 0.3) is 0 Å². The Labute approximate surface area is 121 Å². The van der Waals surface area contributed by atoms with Crippen molar-refractivity contribution in [2.45, 2.75) is 52.4 Å². The number of likely N-dealkylation sites (tertiary alicyclic amines) is 1. The maximum absolute atomic E-state index is 11.8. The second-order valence-electron chi connectivity index (χ2n) is 5.79. The quantitative estimate of drug-likeness (QED) is 0.640. The number of nitrogens with zero attached hydrogens (tertiary/aromatic N) is 1. The normalized spacial score (nSPS) is 16.6. The molecule has 2 amide bonds. The van der Waals surface area contributed by atoms with E-state index in [1.165, 1.54) is 32.1 Å². The molecule has 0 aliphatic carbocycles. The molecule has 2 N–H and O–H groups in total. The topological polar surface area (TPSA) is 69.6 Å². The van der Waals surface area contributed by atoms with Crippen LogP contribution >= 0.6 is 0 Å². The molecule has 0 aromatic carbocycles. The number of hydrogen-bond acceptors (Lipinski definition) is 2. The fraction of sp³-hybridized carbons (Fsp3) is 0.867. The molecule has 1 aliphatic rings. The van der Waals surface area contributed by atoms with Crippen LogP contribution in [0.5, 0.6) is 0 Å². The molecule has 1 atom stereocenters. The van der Waals surface area contributed by atoms with Gasteiger partial charge in [0.2, 0.25) is 0 Å². The van der Waals surface area contributed by atoms with Crippen LogP contribution in [0.2, 0.25) is 0 Å². The van der Waals surface area contributed by atoms with Gasteiger partial charge in [-0.25, -0.2) is 4.79 Å². The lowest BCUT2D eigenvalue weighted by Gasteiger charge is -2.41. The van der Waals surface area contributed by atoms with Gasteiger partial charge in [-0.2, -0.15) is 0 Å². The van der Waals surface area contributed by atoms with Crippen molar-refractivity contribution in [3.8, 4) is 0 Å². The van der Waals surface area contributed by atoms with E-state index in [1.807, 2.05) is 0 Å². The Bertz CT molecular complexity index is 314. The van der Waals surface area contributed by atoms with E-state index in [4.69, 9.17) is 5.11 Å². The fourth-order valence-electron chi connectivity index (χ4n) is 2.41. The molecule has 20 heavy (non-hydrogen) atoms. The Morgan fingerprint density at radius 1 is 1.20 bits per heavy atom. The number of aliphatic carboxylic acids is 1. The predicted molar refractivity (Wildman–Crippen MR) is 78.6 cm³/mol. The van der Waals surface area contributed by atoms with Crippen molar-refractivity contribution in [1.29, 1.82) is 0 Å². The molecular formula is C15H28N2O3. The summed E-state index contributed by atoms with van der Waals surface area (Å²) >= 11 is 0. The van der Waals surface area contributed by atoms with Gasteiger partial charge >= 0.3 is 12.0 Å². The first kappa shape index (κ1) is 16.8. The Morgan fingerprint density at radius 3 is 2.40 bits per heavy atom. The summed E-state index contributed by atoms with van der Waals surface area (Å²) in [5.74, 6) is -1.04.